The molecule has 0 unspecified atom stereocenters. The van der Waals surface area contributed by atoms with Crippen LogP contribution in [0.2, 0.25) is 5.02 Å². The molecule has 4 nitrogen and oxygen atoms in total. The molecule has 6 heteroatoms. The summed E-state index contributed by atoms with van der Waals surface area (Å²) < 4.78 is 4.93. The Bertz CT molecular complexity index is 348. The molecule has 0 aliphatic heterocycles. The Balaban J connectivity index is 0. The molecule has 0 aromatic heterocycles. The molecular formula is C9H10ClKO4. The number of hydrogen-bond acceptors (Lipinski definition) is 3. The molecular weight excluding hydrogens is 247 g/mol. The zero-order valence-electron chi connectivity index (χ0n) is 9.24. The quantitative estimate of drug-likeness (QED) is 0.638. The second-order valence-electron chi connectivity index (χ2n) is 2.59. The van der Waals surface area contributed by atoms with Crippen LogP contribution in [0.1, 0.15) is 6.99 Å². The molecule has 0 aliphatic rings. The van der Waals surface area contributed by atoms with Crippen molar-refractivity contribution in [2.24, 2.45) is 0 Å². The van der Waals surface area contributed by atoms with Crippen molar-refractivity contribution in [1.29, 1.82) is 0 Å². The third-order valence-electron chi connectivity index (χ3n) is 1.54. The fraction of sp³-hybridized carbons (Fsp3) is 0.222. The number of ether oxygens (including phenoxy) is 1. The van der Waals surface area contributed by atoms with Crippen molar-refractivity contribution in [3.8, 4) is 5.75 Å². The van der Waals surface area contributed by atoms with Crippen molar-refractivity contribution < 1.29 is 72.6 Å². The summed E-state index contributed by atoms with van der Waals surface area (Å²) in [6.45, 7) is -0.676. The molecule has 0 aliphatic carbocycles. The number of hydrogen-bond donors (Lipinski definition) is 2. The van der Waals surface area contributed by atoms with Gasteiger partial charge in [0.1, 0.15) is 5.75 Å². The van der Waals surface area contributed by atoms with Crippen molar-refractivity contribution in [1.82, 2.24) is 0 Å². The van der Waals surface area contributed by atoms with E-state index in [0.717, 1.165) is 0 Å². The number of halogens is 1. The summed E-state index contributed by atoms with van der Waals surface area (Å²) in [5, 5.41) is 17.8. The topological polar surface area (TPSA) is 66.8 Å². The predicted octanol–water partition coefficient (Wildman–Crippen LogP) is -1.59. The van der Waals surface area contributed by atoms with Gasteiger partial charge in [0.25, 0.3) is 0 Å². The van der Waals surface area contributed by atoms with Crippen LogP contribution < -0.4 is 56.1 Å². The Hall–Kier alpha value is 0.376. The van der Waals surface area contributed by atoms with E-state index in [4.69, 9.17) is 26.6 Å². The molecule has 0 saturated carbocycles. The molecule has 0 saturated heterocycles. The maximum absolute atomic E-state index is 10.2. The molecule has 15 heavy (non-hydrogen) atoms. The van der Waals surface area contributed by atoms with E-state index >= 15 is 0 Å². The van der Waals surface area contributed by atoms with E-state index in [1.165, 1.54) is 12.1 Å². The number of rotatable bonds is 4. The van der Waals surface area contributed by atoms with E-state index < -0.39 is 12.6 Å². The number of aliphatic carboxylic acids is 1. The first-order valence-corrected chi connectivity index (χ1v) is 4.25. The van der Waals surface area contributed by atoms with Crippen LogP contribution in [0.5, 0.6) is 5.75 Å². The summed E-state index contributed by atoms with van der Waals surface area (Å²) in [5.74, 6) is -0.733. The van der Waals surface area contributed by atoms with E-state index in [2.05, 4.69) is 0 Å². The monoisotopic (exact) mass is 256 g/mol. The van der Waals surface area contributed by atoms with E-state index in [1.807, 2.05) is 0 Å². The van der Waals surface area contributed by atoms with Gasteiger partial charge >= 0.3 is 57.4 Å². The summed E-state index contributed by atoms with van der Waals surface area (Å²) in [6.07, 6.45) is 0. The number of carbonyl (C=O) groups is 1. The van der Waals surface area contributed by atoms with Gasteiger partial charge in [0.15, 0.2) is 6.61 Å². The van der Waals surface area contributed by atoms with E-state index in [1.54, 1.807) is 6.07 Å². The van der Waals surface area contributed by atoms with Gasteiger partial charge < -0.3 is 16.4 Å². The van der Waals surface area contributed by atoms with Gasteiger partial charge in [0.05, 0.1) is 6.61 Å². The summed E-state index contributed by atoms with van der Waals surface area (Å²) in [7, 11) is 0. The van der Waals surface area contributed by atoms with Crippen LogP contribution in [0.15, 0.2) is 18.2 Å². The largest absolute Gasteiger partial charge is 1.00 e. The molecule has 1 aromatic carbocycles. The first-order chi connectivity index (χ1) is 6.63. The third-order valence-corrected chi connectivity index (χ3v) is 1.78. The smallest absolute Gasteiger partial charge is 1.00 e. The summed E-state index contributed by atoms with van der Waals surface area (Å²) in [5.41, 5.74) is 0.471. The van der Waals surface area contributed by atoms with Crippen molar-refractivity contribution in [2.75, 3.05) is 6.61 Å². The molecule has 0 spiro atoms. The van der Waals surface area contributed by atoms with Crippen molar-refractivity contribution >= 4 is 17.6 Å². The summed E-state index contributed by atoms with van der Waals surface area (Å²) in [6, 6.07) is 4.62. The third kappa shape index (κ3) is 5.30. The Morgan fingerprint density at radius 1 is 1.53 bits per heavy atom. The minimum atomic E-state index is -1.07. The Morgan fingerprint density at radius 2 is 2.20 bits per heavy atom. The Kier molecular flexibility index (Phi) is 7.81. The standard InChI is InChI=1S/C9H9ClO4.K.H/c10-7-1-2-8(6(3-7)4-11)14-5-9(12)13;;/h1-3,11H,4-5H2,(H,12,13);;/q;+1;-1. The van der Waals surface area contributed by atoms with E-state index in [0.29, 0.717) is 16.3 Å². The van der Waals surface area contributed by atoms with Crippen LogP contribution in [0.4, 0.5) is 0 Å². The molecule has 0 radical (unpaired) electrons. The number of benzene rings is 1. The SMILES string of the molecule is O=C(O)COc1ccc(Cl)cc1CO.[H-].[K+]. The fourth-order valence-electron chi connectivity index (χ4n) is 0.952. The van der Waals surface area contributed by atoms with Crippen LogP contribution in [-0.2, 0) is 11.4 Å². The average Bonchev–Trinajstić information content (AvgIpc) is 2.15. The van der Waals surface area contributed by atoms with Crippen LogP contribution in [0, 0.1) is 0 Å². The first kappa shape index (κ1) is 15.4. The molecule has 0 atom stereocenters. The number of carboxylic acids is 1. The number of aliphatic hydroxyl groups excluding tert-OH is 1. The van der Waals surface area contributed by atoms with Gasteiger partial charge in [-0.25, -0.2) is 4.79 Å². The van der Waals surface area contributed by atoms with Gasteiger partial charge in [-0.15, -0.1) is 0 Å². The van der Waals surface area contributed by atoms with Crippen molar-refractivity contribution in [3.05, 3.63) is 28.8 Å². The first-order valence-electron chi connectivity index (χ1n) is 3.87. The molecule has 2 N–H and O–H groups in total. The van der Waals surface area contributed by atoms with E-state index in [9.17, 15) is 4.79 Å². The zero-order chi connectivity index (χ0) is 10.6. The van der Waals surface area contributed by atoms with Gasteiger partial charge in [-0.05, 0) is 18.2 Å². The summed E-state index contributed by atoms with van der Waals surface area (Å²) >= 11 is 5.68. The Labute approximate surface area is 136 Å². The second kappa shape index (κ2) is 7.62. The predicted molar refractivity (Wildman–Crippen MR) is 51.6 cm³/mol. The van der Waals surface area contributed by atoms with Crippen LogP contribution in [0.3, 0.4) is 0 Å². The molecule has 1 aromatic rings. The molecule has 78 valence electrons. The van der Waals surface area contributed by atoms with Crippen LogP contribution in [0.25, 0.3) is 0 Å². The normalized spacial score (nSPS) is 9.20. The van der Waals surface area contributed by atoms with Gasteiger partial charge in [-0.3, -0.25) is 0 Å². The average molecular weight is 257 g/mol. The number of aliphatic hydroxyl groups is 1. The van der Waals surface area contributed by atoms with Gasteiger partial charge in [0, 0.05) is 10.6 Å². The van der Waals surface area contributed by atoms with Crippen molar-refractivity contribution in [3.63, 3.8) is 0 Å². The zero-order valence-corrected chi connectivity index (χ0v) is 12.1. The number of carboxylic acid groups (broad SMARTS) is 1. The minimum Gasteiger partial charge on any atom is -1.00 e. The molecule has 1 rings (SSSR count). The molecule has 0 heterocycles. The van der Waals surface area contributed by atoms with Crippen LogP contribution in [-0.4, -0.2) is 22.8 Å². The second-order valence-corrected chi connectivity index (χ2v) is 3.03. The summed E-state index contributed by atoms with van der Waals surface area (Å²) in [4.78, 5) is 10.2. The molecule has 0 bridgehead atoms. The van der Waals surface area contributed by atoms with Crippen molar-refractivity contribution in [2.45, 2.75) is 6.61 Å². The maximum atomic E-state index is 10.2. The molecule has 0 amide bonds. The molecule has 0 fully saturated rings. The van der Waals surface area contributed by atoms with Gasteiger partial charge in [-0.2, -0.15) is 0 Å². The van der Waals surface area contributed by atoms with Crippen LogP contribution >= 0.6 is 11.6 Å². The maximum Gasteiger partial charge on any atom is 1.00 e. The minimum absolute atomic E-state index is 0. The Morgan fingerprint density at radius 3 is 2.73 bits per heavy atom. The fourth-order valence-corrected chi connectivity index (χ4v) is 1.15. The van der Waals surface area contributed by atoms with Gasteiger partial charge in [0.2, 0.25) is 0 Å². The van der Waals surface area contributed by atoms with Gasteiger partial charge in [-0.1, -0.05) is 11.6 Å². The van der Waals surface area contributed by atoms with E-state index in [-0.39, 0.29) is 59.4 Å².